The number of nitrogens with zero attached hydrogens (tertiary/aromatic N) is 1. The average Bonchev–Trinajstić information content (AvgIpc) is 2.14. The summed E-state index contributed by atoms with van der Waals surface area (Å²) in [7, 11) is 0. The normalized spacial score (nSPS) is 12.7. The lowest BCUT2D eigenvalue weighted by atomic mass is 9.95. The molecule has 0 aliphatic heterocycles. The molecule has 0 saturated carbocycles. The molecule has 0 amide bonds. The number of hydrogen-bond acceptors (Lipinski definition) is 2. The summed E-state index contributed by atoms with van der Waals surface area (Å²) in [5, 5.41) is 8.94. The van der Waals surface area contributed by atoms with E-state index >= 15 is 0 Å². The summed E-state index contributed by atoms with van der Waals surface area (Å²) in [5.74, 6) is 0.559. The molecule has 0 aromatic heterocycles. The molecule has 0 saturated heterocycles. The van der Waals surface area contributed by atoms with E-state index in [1.165, 1.54) is 0 Å². The molecule has 0 atom stereocenters. The molecule has 0 aliphatic carbocycles. The van der Waals surface area contributed by atoms with E-state index in [1.54, 1.807) is 0 Å². The van der Waals surface area contributed by atoms with Gasteiger partial charge in [0.2, 0.25) is 0 Å². The van der Waals surface area contributed by atoms with Gasteiger partial charge in [-0.05, 0) is 12.1 Å². The SMILES string of the molecule is CC(C)(C)C(=Nc1ccccc1)NO. The van der Waals surface area contributed by atoms with Crippen LogP contribution in [-0.2, 0) is 0 Å². The van der Waals surface area contributed by atoms with Gasteiger partial charge in [0.15, 0.2) is 0 Å². The number of aliphatic imine (C=N–C) groups is 1. The van der Waals surface area contributed by atoms with Gasteiger partial charge in [0, 0.05) is 5.41 Å². The monoisotopic (exact) mass is 192 g/mol. The van der Waals surface area contributed by atoms with E-state index in [2.05, 4.69) is 10.5 Å². The Labute approximate surface area is 84.4 Å². The molecular weight excluding hydrogens is 176 g/mol. The molecule has 2 N–H and O–H groups in total. The summed E-state index contributed by atoms with van der Waals surface area (Å²) in [4.78, 5) is 4.30. The number of benzene rings is 1. The van der Waals surface area contributed by atoms with Crippen molar-refractivity contribution in [3.63, 3.8) is 0 Å². The third-order valence-corrected chi connectivity index (χ3v) is 1.81. The van der Waals surface area contributed by atoms with Crippen LogP contribution in [0.5, 0.6) is 0 Å². The average molecular weight is 192 g/mol. The molecule has 3 heteroatoms. The number of nitrogens with one attached hydrogen (secondary N) is 1. The predicted molar refractivity (Wildman–Crippen MR) is 57.9 cm³/mol. The second-order valence-corrected chi connectivity index (χ2v) is 4.16. The van der Waals surface area contributed by atoms with Crippen molar-refractivity contribution in [2.75, 3.05) is 0 Å². The van der Waals surface area contributed by atoms with Crippen LogP contribution in [0.2, 0.25) is 0 Å². The first-order chi connectivity index (χ1) is 6.54. The van der Waals surface area contributed by atoms with Crippen molar-refractivity contribution in [1.82, 2.24) is 5.48 Å². The molecule has 0 fully saturated rings. The zero-order valence-electron chi connectivity index (χ0n) is 8.78. The van der Waals surface area contributed by atoms with Gasteiger partial charge in [0.25, 0.3) is 0 Å². The molecule has 76 valence electrons. The van der Waals surface area contributed by atoms with Crippen LogP contribution in [0, 0.1) is 5.41 Å². The topological polar surface area (TPSA) is 44.6 Å². The van der Waals surface area contributed by atoms with Gasteiger partial charge in [-0.2, -0.15) is 0 Å². The van der Waals surface area contributed by atoms with Crippen LogP contribution in [0.25, 0.3) is 0 Å². The van der Waals surface area contributed by atoms with Gasteiger partial charge in [0.05, 0.1) is 5.69 Å². The number of rotatable bonds is 1. The van der Waals surface area contributed by atoms with Crippen LogP contribution in [0.4, 0.5) is 5.69 Å². The molecule has 1 aromatic rings. The molecule has 1 rings (SSSR count). The first kappa shape index (κ1) is 10.7. The highest BCUT2D eigenvalue weighted by atomic mass is 16.5. The Hall–Kier alpha value is -1.35. The minimum Gasteiger partial charge on any atom is -0.290 e. The highest BCUT2D eigenvalue weighted by molar-refractivity contribution is 5.88. The fourth-order valence-electron chi connectivity index (χ4n) is 0.992. The lowest BCUT2D eigenvalue weighted by molar-refractivity contribution is 0.221. The summed E-state index contributed by atoms with van der Waals surface area (Å²) in [5.41, 5.74) is 2.78. The summed E-state index contributed by atoms with van der Waals surface area (Å²) < 4.78 is 0. The van der Waals surface area contributed by atoms with Crippen LogP contribution in [0.15, 0.2) is 35.3 Å². The number of hydroxylamine groups is 1. The third kappa shape index (κ3) is 2.85. The van der Waals surface area contributed by atoms with Crippen LogP contribution < -0.4 is 5.48 Å². The lowest BCUT2D eigenvalue weighted by Gasteiger charge is -2.19. The fraction of sp³-hybridized carbons (Fsp3) is 0.364. The molecular formula is C11H16N2O. The summed E-state index contributed by atoms with van der Waals surface area (Å²) >= 11 is 0. The first-order valence-corrected chi connectivity index (χ1v) is 4.58. The van der Waals surface area contributed by atoms with E-state index in [-0.39, 0.29) is 5.41 Å². The van der Waals surface area contributed by atoms with Gasteiger partial charge >= 0.3 is 0 Å². The summed E-state index contributed by atoms with van der Waals surface area (Å²) in [6.07, 6.45) is 0. The van der Waals surface area contributed by atoms with E-state index in [4.69, 9.17) is 5.21 Å². The Bertz CT molecular complexity index is 312. The van der Waals surface area contributed by atoms with Crippen molar-refractivity contribution in [1.29, 1.82) is 0 Å². The molecule has 0 spiro atoms. The maximum atomic E-state index is 8.94. The Morgan fingerprint density at radius 1 is 1.21 bits per heavy atom. The molecule has 0 bridgehead atoms. The largest absolute Gasteiger partial charge is 0.290 e. The quantitative estimate of drug-likeness (QED) is 0.408. The van der Waals surface area contributed by atoms with Crippen LogP contribution in [-0.4, -0.2) is 11.0 Å². The maximum Gasteiger partial charge on any atom is 0.131 e. The van der Waals surface area contributed by atoms with Gasteiger partial charge in [-0.1, -0.05) is 39.0 Å². The molecule has 1 aromatic carbocycles. The second-order valence-electron chi connectivity index (χ2n) is 4.16. The second kappa shape index (κ2) is 4.24. The Morgan fingerprint density at radius 2 is 1.79 bits per heavy atom. The smallest absolute Gasteiger partial charge is 0.131 e. The first-order valence-electron chi connectivity index (χ1n) is 4.58. The van der Waals surface area contributed by atoms with Gasteiger partial charge in [0.1, 0.15) is 5.84 Å². The minimum absolute atomic E-state index is 0.190. The van der Waals surface area contributed by atoms with E-state index < -0.39 is 0 Å². The molecule has 0 aliphatic rings. The van der Waals surface area contributed by atoms with E-state index in [0.29, 0.717) is 5.84 Å². The summed E-state index contributed by atoms with van der Waals surface area (Å²) in [6.45, 7) is 5.95. The van der Waals surface area contributed by atoms with E-state index in [0.717, 1.165) is 5.69 Å². The van der Waals surface area contributed by atoms with Gasteiger partial charge in [-0.25, -0.2) is 4.99 Å². The zero-order valence-corrected chi connectivity index (χ0v) is 8.78. The predicted octanol–water partition coefficient (Wildman–Crippen LogP) is 2.74. The van der Waals surface area contributed by atoms with Gasteiger partial charge in [-0.15, -0.1) is 0 Å². The van der Waals surface area contributed by atoms with E-state index in [1.807, 2.05) is 51.1 Å². The highest BCUT2D eigenvalue weighted by Crippen LogP contribution is 2.18. The molecule has 3 nitrogen and oxygen atoms in total. The Balaban J connectivity index is 2.96. The highest BCUT2D eigenvalue weighted by Gasteiger charge is 2.18. The summed E-state index contributed by atoms with van der Waals surface area (Å²) in [6, 6.07) is 9.54. The molecule has 0 radical (unpaired) electrons. The van der Waals surface area contributed by atoms with Crippen LogP contribution >= 0.6 is 0 Å². The minimum atomic E-state index is -0.190. The number of amidine groups is 1. The van der Waals surface area contributed by atoms with Crippen molar-refractivity contribution in [2.24, 2.45) is 10.4 Å². The standard InChI is InChI=1S/C11H16N2O/c1-11(2,3)10(13-14)12-9-7-5-4-6-8-9/h4-8,14H,1-3H3,(H,12,13). The number of hydrogen-bond donors (Lipinski definition) is 2. The van der Waals surface area contributed by atoms with Crippen molar-refractivity contribution < 1.29 is 5.21 Å². The zero-order chi connectivity index (χ0) is 10.6. The van der Waals surface area contributed by atoms with Crippen molar-refractivity contribution >= 4 is 11.5 Å². The van der Waals surface area contributed by atoms with Gasteiger partial charge in [-0.3, -0.25) is 10.7 Å². The van der Waals surface area contributed by atoms with Gasteiger partial charge < -0.3 is 0 Å². The third-order valence-electron chi connectivity index (χ3n) is 1.81. The lowest BCUT2D eigenvalue weighted by Crippen LogP contribution is -2.32. The number of para-hydroxylation sites is 1. The van der Waals surface area contributed by atoms with Crippen LogP contribution in [0.1, 0.15) is 20.8 Å². The van der Waals surface area contributed by atoms with Crippen molar-refractivity contribution in [3.05, 3.63) is 30.3 Å². The van der Waals surface area contributed by atoms with Crippen LogP contribution in [0.3, 0.4) is 0 Å². The maximum absolute atomic E-state index is 8.94. The molecule has 14 heavy (non-hydrogen) atoms. The Kier molecular flexibility index (Phi) is 3.25. The van der Waals surface area contributed by atoms with E-state index in [9.17, 15) is 0 Å². The fourth-order valence-corrected chi connectivity index (χ4v) is 0.992. The Morgan fingerprint density at radius 3 is 2.21 bits per heavy atom. The van der Waals surface area contributed by atoms with Crippen molar-refractivity contribution in [3.8, 4) is 0 Å². The molecule has 0 unspecified atom stereocenters. The van der Waals surface area contributed by atoms with Crippen molar-refractivity contribution in [2.45, 2.75) is 20.8 Å². The molecule has 0 heterocycles.